The van der Waals surface area contributed by atoms with E-state index in [4.69, 9.17) is 10.2 Å². The Morgan fingerprint density at radius 2 is 0.889 bits per heavy atom. The molecule has 2 aromatic carbocycles. The summed E-state index contributed by atoms with van der Waals surface area (Å²) in [5, 5.41) is 17.8. The molecule has 0 radical (unpaired) electrons. The molecule has 6 heteroatoms. The Balaban J connectivity index is 2.69. The lowest BCUT2D eigenvalue weighted by atomic mass is 10.0. The fourth-order valence-corrected chi connectivity index (χ4v) is 1.49. The van der Waals surface area contributed by atoms with Crippen LogP contribution in [0.2, 0.25) is 0 Å². The van der Waals surface area contributed by atoms with Crippen LogP contribution in [0.15, 0.2) is 24.3 Å². The van der Waals surface area contributed by atoms with Gasteiger partial charge in [0.2, 0.25) is 0 Å². The lowest BCUT2D eigenvalue weighted by Gasteiger charge is -2.07. The van der Waals surface area contributed by atoms with Crippen LogP contribution in [0.4, 0.5) is 17.6 Å². The summed E-state index contributed by atoms with van der Waals surface area (Å²) in [6.45, 7) is 0. The summed E-state index contributed by atoms with van der Waals surface area (Å²) in [5.74, 6) is -6.43. The van der Waals surface area contributed by atoms with Gasteiger partial charge in [-0.15, -0.1) is 0 Å². The quantitative estimate of drug-likeness (QED) is 0.770. The first-order chi connectivity index (χ1) is 8.40. The first-order valence-corrected chi connectivity index (χ1v) is 4.76. The van der Waals surface area contributed by atoms with Crippen LogP contribution >= 0.6 is 0 Å². The van der Waals surface area contributed by atoms with Crippen LogP contribution in [-0.4, -0.2) is 10.2 Å². The summed E-state index contributed by atoms with van der Waals surface area (Å²) in [7, 11) is 0. The van der Waals surface area contributed by atoms with E-state index in [0.29, 0.717) is 24.3 Å². The number of phenols is 2. The fraction of sp³-hybridized carbons (Fsp3) is 0. The van der Waals surface area contributed by atoms with E-state index in [0.717, 1.165) is 0 Å². The molecular formula is C12H6F4O2. The van der Waals surface area contributed by atoms with Gasteiger partial charge in [0.05, 0.1) is 0 Å². The third-order valence-corrected chi connectivity index (χ3v) is 2.36. The van der Waals surface area contributed by atoms with Crippen LogP contribution in [0, 0.1) is 23.3 Å². The summed E-state index contributed by atoms with van der Waals surface area (Å²) in [6, 6.07) is 1.99. The van der Waals surface area contributed by atoms with Gasteiger partial charge in [-0.1, -0.05) is 0 Å². The highest BCUT2D eigenvalue weighted by atomic mass is 19.1. The van der Waals surface area contributed by atoms with E-state index in [2.05, 4.69) is 0 Å². The van der Waals surface area contributed by atoms with Crippen molar-refractivity contribution in [1.29, 1.82) is 0 Å². The lowest BCUT2D eigenvalue weighted by molar-refractivity contribution is 0.425. The third-order valence-electron chi connectivity index (χ3n) is 2.36. The highest BCUT2D eigenvalue weighted by Crippen LogP contribution is 2.32. The Kier molecular flexibility index (Phi) is 2.86. The van der Waals surface area contributed by atoms with Gasteiger partial charge < -0.3 is 10.2 Å². The molecule has 0 saturated heterocycles. The smallest absolute Gasteiger partial charge is 0.165 e. The first-order valence-electron chi connectivity index (χ1n) is 4.76. The Morgan fingerprint density at radius 1 is 0.556 bits per heavy atom. The average molecular weight is 258 g/mol. The van der Waals surface area contributed by atoms with E-state index in [1.54, 1.807) is 0 Å². The largest absolute Gasteiger partial charge is 0.505 e. The van der Waals surface area contributed by atoms with Crippen LogP contribution in [-0.2, 0) is 0 Å². The van der Waals surface area contributed by atoms with Gasteiger partial charge in [-0.3, -0.25) is 0 Å². The maximum absolute atomic E-state index is 13.5. The molecule has 2 N–H and O–H groups in total. The predicted octanol–water partition coefficient (Wildman–Crippen LogP) is 3.32. The predicted molar refractivity (Wildman–Crippen MR) is 55.0 cm³/mol. The molecule has 0 aliphatic heterocycles. The van der Waals surface area contributed by atoms with E-state index in [-0.39, 0.29) is 0 Å². The molecule has 2 rings (SSSR count). The van der Waals surface area contributed by atoms with Crippen LogP contribution in [0.1, 0.15) is 0 Å². The van der Waals surface area contributed by atoms with Gasteiger partial charge in [0.25, 0.3) is 0 Å². The molecule has 2 aromatic rings. The van der Waals surface area contributed by atoms with E-state index < -0.39 is 45.9 Å². The van der Waals surface area contributed by atoms with Crippen LogP contribution in [0.5, 0.6) is 11.5 Å². The summed E-state index contributed by atoms with van der Waals surface area (Å²) >= 11 is 0. The maximum Gasteiger partial charge on any atom is 0.165 e. The summed E-state index contributed by atoms with van der Waals surface area (Å²) in [6.07, 6.45) is 0. The van der Waals surface area contributed by atoms with Gasteiger partial charge in [-0.2, -0.15) is 0 Å². The molecule has 0 aromatic heterocycles. The van der Waals surface area contributed by atoms with Crippen LogP contribution in [0.3, 0.4) is 0 Å². The lowest BCUT2D eigenvalue weighted by Crippen LogP contribution is -1.92. The molecular weight excluding hydrogens is 252 g/mol. The zero-order valence-corrected chi connectivity index (χ0v) is 8.72. The molecule has 0 heterocycles. The second kappa shape index (κ2) is 4.21. The average Bonchev–Trinajstić information content (AvgIpc) is 2.29. The summed E-state index contributed by atoms with van der Waals surface area (Å²) in [5.41, 5.74) is -1.11. The number of aromatic hydroxyl groups is 2. The van der Waals surface area contributed by atoms with Crippen molar-refractivity contribution in [3.63, 3.8) is 0 Å². The monoisotopic (exact) mass is 258 g/mol. The molecule has 0 amide bonds. The molecule has 0 spiro atoms. The second-order valence-corrected chi connectivity index (χ2v) is 3.57. The fourth-order valence-electron chi connectivity index (χ4n) is 1.49. The van der Waals surface area contributed by atoms with Gasteiger partial charge in [0.15, 0.2) is 23.1 Å². The molecule has 94 valence electrons. The summed E-state index contributed by atoms with van der Waals surface area (Å²) < 4.78 is 53.0. The number of rotatable bonds is 1. The van der Waals surface area contributed by atoms with Crippen molar-refractivity contribution in [3.8, 4) is 22.6 Å². The van der Waals surface area contributed by atoms with E-state index in [1.807, 2.05) is 0 Å². The number of halogens is 4. The topological polar surface area (TPSA) is 40.5 Å². The zero-order chi connectivity index (χ0) is 13.4. The van der Waals surface area contributed by atoms with Gasteiger partial charge in [0, 0.05) is 23.3 Å². The van der Waals surface area contributed by atoms with E-state index >= 15 is 0 Å². The SMILES string of the molecule is Oc1cc(F)c(-c2cc(F)c(O)cc2F)cc1F. The van der Waals surface area contributed by atoms with Crippen molar-refractivity contribution in [2.24, 2.45) is 0 Å². The standard InChI is InChI=1S/C12H6F4O2/c13-7-3-11(17)9(15)1-5(7)6-2-10(16)12(18)4-8(6)14/h1-4,17-18H. The number of hydrogen-bond acceptors (Lipinski definition) is 2. The van der Waals surface area contributed by atoms with Gasteiger partial charge in [-0.05, 0) is 12.1 Å². The van der Waals surface area contributed by atoms with Crippen LogP contribution < -0.4 is 0 Å². The number of benzene rings is 2. The van der Waals surface area contributed by atoms with Gasteiger partial charge in [0.1, 0.15) is 11.6 Å². The van der Waals surface area contributed by atoms with E-state index in [1.165, 1.54) is 0 Å². The Morgan fingerprint density at radius 3 is 1.22 bits per heavy atom. The van der Waals surface area contributed by atoms with Gasteiger partial charge >= 0.3 is 0 Å². The summed E-state index contributed by atoms with van der Waals surface area (Å²) in [4.78, 5) is 0. The zero-order valence-electron chi connectivity index (χ0n) is 8.72. The number of phenolic OH excluding ortho intramolecular Hbond substituents is 2. The van der Waals surface area contributed by atoms with E-state index in [9.17, 15) is 17.6 Å². The molecule has 0 unspecified atom stereocenters. The first kappa shape index (κ1) is 12.2. The minimum atomic E-state index is -1.17. The van der Waals surface area contributed by atoms with Crippen molar-refractivity contribution in [2.45, 2.75) is 0 Å². The molecule has 2 nitrogen and oxygen atoms in total. The highest BCUT2D eigenvalue weighted by molar-refractivity contribution is 5.66. The molecule has 0 aliphatic rings. The minimum absolute atomic E-state index is 0.453. The third kappa shape index (κ3) is 1.97. The Labute approximate surface area is 98.7 Å². The Hall–Kier alpha value is -2.24. The van der Waals surface area contributed by atoms with Gasteiger partial charge in [-0.25, -0.2) is 17.6 Å². The van der Waals surface area contributed by atoms with Crippen molar-refractivity contribution in [2.75, 3.05) is 0 Å². The molecule has 0 fully saturated rings. The Bertz CT molecular complexity index is 570. The normalized spacial score (nSPS) is 10.7. The van der Waals surface area contributed by atoms with Crippen molar-refractivity contribution >= 4 is 0 Å². The van der Waals surface area contributed by atoms with Crippen molar-refractivity contribution in [1.82, 2.24) is 0 Å². The minimum Gasteiger partial charge on any atom is -0.505 e. The van der Waals surface area contributed by atoms with Crippen molar-refractivity contribution < 1.29 is 27.8 Å². The second-order valence-electron chi connectivity index (χ2n) is 3.57. The van der Waals surface area contributed by atoms with Crippen molar-refractivity contribution in [3.05, 3.63) is 47.5 Å². The molecule has 0 saturated carbocycles. The maximum atomic E-state index is 13.5. The highest BCUT2D eigenvalue weighted by Gasteiger charge is 2.16. The van der Waals surface area contributed by atoms with Crippen LogP contribution in [0.25, 0.3) is 11.1 Å². The number of hydrogen-bond donors (Lipinski definition) is 2. The molecule has 0 aliphatic carbocycles. The molecule has 0 bridgehead atoms. The molecule has 0 atom stereocenters. The molecule has 18 heavy (non-hydrogen) atoms.